The average Bonchev–Trinajstić information content (AvgIpc) is 2.97. The Hall–Kier alpha value is -2.93. The zero-order valence-corrected chi connectivity index (χ0v) is 23.9. The smallest absolute Gasteiger partial charge is 0.335 e. The van der Waals surface area contributed by atoms with Crippen LogP contribution < -0.4 is 33.2 Å². The van der Waals surface area contributed by atoms with Crippen molar-refractivity contribution in [1.82, 2.24) is 16.0 Å². The largest absolute Gasteiger partial charge is 0.479 e. The number of nitrogens with two attached hydrogens (primary N) is 3. The Morgan fingerprint density at radius 1 is 0.690 bits per heavy atom. The Balaban J connectivity index is 4.86. The van der Waals surface area contributed by atoms with Gasteiger partial charge in [-0.25, -0.2) is 9.59 Å². The zero-order chi connectivity index (χ0) is 32.2. The molecule has 14 N–H and O–H groups in total. The van der Waals surface area contributed by atoms with Crippen LogP contribution in [0.4, 0.5) is 0 Å². The summed E-state index contributed by atoms with van der Waals surface area (Å²) in [5.41, 5.74) is 17.0. The van der Waals surface area contributed by atoms with Gasteiger partial charge < -0.3 is 63.4 Å². The van der Waals surface area contributed by atoms with Crippen LogP contribution in [0.3, 0.4) is 0 Å². The molecule has 7 atom stereocenters. The van der Waals surface area contributed by atoms with E-state index in [0.717, 1.165) is 0 Å². The van der Waals surface area contributed by atoms with Crippen molar-refractivity contribution in [1.29, 1.82) is 0 Å². The minimum Gasteiger partial charge on any atom is -0.479 e. The van der Waals surface area contributed by atoms with Crippen LogP contribution in [0.2, 0.25) is 0 Å². The normalized spacial score (nSPS) is 16.2. The highest BCUT2D eigenvalue weighted by Crippen LogP contribution is 2.08. The molecule has 0 aliphatic carbocycles. The van der Waals surface area contributed by atoms with Crippen molar-refractivity contribution >= 4 is 29.7 Å². The molecule has 0 aromatic carbocycles. The first-order valence-corrected chi connectivity index (χ1v) is 13.9. The van der Waals surface area contributed by atoms with Crippen molar-refractivity contribution in [2.24, 2.45) is 17.2 Å². The van der Waals surface area contributed by atoms with Crippen molar-refractivity contribution in [2.75, 3.05) is 26.7 Å². The molecule has 0 fully saturated rings. The molecule has 0 saturated heterocycles. The summed E-state index contributed by atoms with van der Waals surface area (Å²) in [6.07, 6.45) is -5.41. The van der Waals surface area contributed by atoms with Gasteiger partial charge in [0.15, 0.2) is 12.2 Å². The topological polar surface area (TPSA) is 310 Å². The average molecular weight is 609 g/mol. The molecule has 0 rings (SSSR count). The molecule has 0 aromatic rings. The minimum absolute atomic E-state index is 0.0161. The number of amides is 3. The lowest BCUT2D eigenvalue weighted by atomic mass is 10.0. The molecular weight excluding hydrogens is 560 g/mol. The third kappa shape index (κ3) is 14.8. The molecule has 0 bridgehead atoms. The first-order chi connectivity index (χ1) is 19.8. The van der Waals surface area contributed by atoms with Crippen LogP contribution >= 0.6 is 0 Å². The lowest BCUT2D eigenvalue weighted by molar-refractivity contribution is -0.166. The third-order valence-electron chi connectivity index (χ3n) is 6.43. The monoisotopic (exact) mass is 608 g/mol. The number of carbonyl (C=O) groups is 5. The second kappa shape index (κ2) is 21.7. The molecule has 0 radical (unpaired) electrons. The van der Waals surface area contributed by atoms with Crippen LogP contribution in [0, 0.1) is 0 Å². The molecule has 0 spiro atoms. The second-order valence-corrected chi connectivity index (χ2v) is 9.82. The highest BCUT2D eigenvalue weighted by Gasteiger charge is 2.37. The Kier molecular flexibility index (Phi) is 20.2. The Labute approximate surface area is 244 Å². The summed E-state index contributed by atoms with van der Waals surface area (Å²) in [7, 11) is 1.21. The van der Waals surface area contributed by atoms with Gasteiger partial charge in [-0.3, -0.25) is 14.4 Å². The van der Waals surface area contributed by atoms with Gasteiger partial charge in [-0.15, -0.1) is 0 Å². The molecule has 17 heteroatoms. The molecule has 3 amide bonds. The van der Waals surface area contributed by atoms with Gasteiger partial charge in [0.2, 0.25) is 11.8 Å². The number of hydrogen-bond acceptors (Lipinski definition) is 13. The number of aliphatic carboxylic acids is 1. The molecule has 0 heterocycles. The van der Waals surface area contributed by atoms with E-state index in [9.17, 15) is 44.4 Å². The van der Waals surface area contributed by atoms with Gasteiger partial charge in [0.05, 0.1) is 13.2 Å². The number of methoxy groups -OCH3 is 1. The van der Waals surface area contributed by atoms with Gasteiger partial charge in [-0.05, 0) is 70.9 Å². The predicted octanol–water partition coefficient (Wildman–Crippen LogP) is -4.47. The summed E-state index contributed by atoms with van der Waals surface area (Å²) in [5.74, 6) is -4.75. The fraction of sp³-hybridized carbons (Fsp3) is 0.800. The fourth-order valence-corrected chi connectivity index (χ4v) is 3.81. The number of carboxylic acids is 1. The maximum atomic E-state index is 13.0. The van der Waals surface area contributed by atoms with Crippen molar-refractivity contribution in [2.45, 2.75) is 100 Å². The highest BCUT2D eigenvalue weighted by atomic mass is 16.5. The molecule has 0 aliphatic rings. The molecule has 42 heavy (non-hydrogen) atoms. The van der Waals surface area contributed by atoms with E-state index >= 15 is 0 Å². The summed E-state index contributed by atoms with van der Waals surface area (Å²) in [6, 6.07) is -2.89. The number of rotatable bonds is 23. The van der Waals surface area contributed by atoms with E-state index in [4.69, 9.17) is 27.0 Å². The second-order valence-electron chi connectivity index (χ2n) is 9.82. The van der Waals surface area contributed by atoms with Gasteiger partial charge in [-0.2, -0.15) is 0 Å². The van der Waals surface area contributed by atoms with Crippen molar-refractivity contribution in [3.8, 4) is 0 Å². The Bertz CT molecular complexity index is 850. The van der Waals surface area contributed by atoms with Crippen LogP contribution in [-0.4, -0.2) is 124 Å². The molecule has 0 aliphatic heterocycles. The summed E-state index contributed by atoms with van der Waals surface area (Å²) in [6.45, 7) is 0.805. The molecule has 17 nitrogen and oxygen atoms in total. The standard InChI is InChI=1S/C25H48N6O11/c1-42-25(41)16(10-3-6-12-27)31-22(37)15(9-2-5-11-26)30-21(36)14(28)8-4-7-13-29-23(38)19(34)17(32)18(33)20(35)24(39)40/h14-20,32-35H,2-13,26-28H2,1H3,(H,29,38)(H,30,36)(H,31,37)(H,39,40)/t14-,15-,16?,17-,18+,19+,20-/m0/s1. The van der Waals surface area contributed by atoms with Crippen LogP contribution in [0.1, 0.15) is 57.8 Å². The van der Waals surface area contributed by atoms with E-state index in [2.05, 4.69) is 16.0 Å². The number of carboxylic acid groups (broad SMARTS) is 1. The summed E-state index contributed by atoms with van der Waals surface area (Å²) in [4.78, 5) is 60.5. The number of hydrogen-bond donors (Lipinski definition) is 11. The summed E-state index contributed by atoms with van der Waals surface area (Å²) >= 11 is 0. The summed E-state index contributed by atoms with van der Waals surface area (Å²) < 4.78 is 4.77. The number of nitrogens with one attached hydrogen (secondary N) is 3. The molecule has 0 aromatic heterocycles. The number of aliphatic hydroxyl groups is 4. The fourth-order valence-electron chi connectivity index (χ4n) is 3.81. The number of ether oxygens (including phenoxy) is 1. The number of carbonyl (C=O) groups excluding carboxylic acids is 4. The zero-order valence-electron chi connectivity index (χ0n) is 23.9. The van der Waals surface area contributed by atoms with E-state index < -0.39 is 72.2 Å². The van der Waals surface area contributed by atoms with Crippen molar-refractivity contribution in [3.63, 3.8) is 0 Å². The van der Waals surface area contributed by atoms with Gasteiger partial charge >= 0.3 is 11.9 Å². The third-order valence-corrected chi connectivity index (χ3v) is 6.43. The molecule has 1 unspecified atom stereocenters. The van der Waals surface area contributed by atoms with E-state index in [0.29, 0.717) is 58.0 Å². The van der Waals surface area contributed by atoms with E-state index in [-0.39, 0.29) is 19.4 Å². The van der Waals surface area contributed by atoms with Crippen LogP contribution in [0.15, 0.2) is 0 Å². The quantitative estimate of drug-likeness (QED) is 0.0385. The van der Waals surface area contributed by atoms with Crippen molar-refractivity contribution < 1.29 is 54.2 Å². The first-order valence-electron chi connectivity index (χ1n) is 13.9. The number of aliphatic hydroxyl groups excluding tert-OH is 4. The Morgan fingerprint density at radius 2 is 1.19 bits per heavy atom. The van der Waals surface area contributed by atoms with Crippen LogP contribution in [0.25, 0.3) is 0 Å². The summed E-state index contributed by atoms with van der Waals surface area (Å²) in [5, 5.41) is 54.5. The van der Waals surface area contributed by atoms with Crippen LogP contribution in [-0.2, 0) is 28.7 Å². The SMILES string of the molecule is COC(=O)C(CCCCN)NC(=O)[C@H](CCCCN)NC(=O)[C@@H](N)CCCCNC(=O)[C@H](O)[C@@H](O)[C@@H](O)[C@H](O)C(=O)O. The maximum absolute atomic E-state index is 13.0. The van der Waals surface area contributed by atoms with E-state index in [1.165, 1.54) is 7.11 Å². The van der Waals surface area contributed by atoms with Crippen LogP contribution in [0.5, 0.6) is 0 Å². The van der Waals surface area contributed by atoms with Gasteiger partial charge in [-0.1, -0.05) is 0 Å². The number of esters is 1. The first kappa shape index (κ1) is 39.1. The molecule has 0 saturated carbocycles. The van der Waals surface area contributed by atoms with Gasteiger partial charge in [0.1, 0.15) is 24.3 Å². The van der Waals surface area contributed by atoms with Gasteiger partial charge in [0, 0.05) is 6.54 Å². The van der Waals surface area contributed by atoms with Crippen molar-refractivity contribution in [3.05, 3.63) is 0 Å². The predicted molar refractivity (Wildman–Crippen MR) is 148 cm³/mol. The lowest BCUT2D eigenvalue weighted by Gasteiger charge is -2.24. The highest BCUT2D eigenvalue weighted by molar-refractivity contribution is 5.92. The lowest BCUT2D eigenvalue weighted by Crippen LogP contribution is -2.54. The Morgan fingerprint density at radius 3 is 1.71 bits per heavy atom. The molecular formula is C25H48N6O11. The van der Waals surface area contributed by atoms with E-state index in [1.54, 1.807) is 0 Å². The number of unbranched alkanes of at least 4 members (excludes halogenated alkanes) is 3. The molecule has 244 valence electrons. The van der Waals surface area contributed by atoms with Gasteiger partial charge in [0.25, 0.3) is 5.91 Å². The van der Waals surface area contributed by atoms with E-state index in [1.807, 2.05) is 0 Å². The maximum Gasteiger partial charge on any atom is 0.335 e. The minimum atomic E-state index is -2.41.